The highest BCUT2D eigenvalue weighted by Crippen LogP contribution is 2.32. The van der Waals surface area contributed by atoms with Gasteiger partial charge in [-0.3, -0.25) is 4.79 Å². The summed E-state index contributed by atoms with van der Waals surface area (Å²) >= 11 is 0. The number of amides is 1. The van der Waals surface area contributed by atoms with Gasteiger partial charge in [0.1, 0.15) is 11.2 Å². The number of carbonyl (C=O) groups excluding carboxylic acids is 1. The van der Waals surface area contributed by atoms with Gasteiger partial charge in [0.05, 0.1) is 18.2 Å². The maximum atomic E-state index is 12.5. The molecule has 1 aromatic carbocycles. The highest BCUT2D eigenvalue weighted by atomic mass is 16.4. The van der Waals surface area contributed by atoms with E-state index in [-0.39, 0.29) is 17.9 Å². The number of benzene rings is 1. The minimum absolute atomic E-state index is 0.0874. The van der Waals surface area contributed by atoms with Gasteiger partial charge >= 0.3 is 5.63 Å². The Morgan fingerprint density at radius 1 is 1.08 bits per heavy atom. The van der Waals surface area contributed by atoms with Crippen molar-refractivity contribution in [1.82, 2.24) is 0 Å². The number of nitrogens with zero attached hydrogens (tertiary/aromatic N) is 3. The van der Waals surface area contributed by atoms with Crippen molar-refractivity contribution in [3.8, 4) is 0 Å². The average Bonchev–Trinajstić information content (AvgIpc) is 3.23. The smallest absolute Gasteiger partial charge is 0.340 e. The first-order chi connectivity index (χ1) is 12.5. The Kier molecular flexibility index (Phi) is 3.64. The molecule has 0 atom stereocenters. The highest BCUT2D eigenvalue weighted by Gasteiger charge is 2.19. The van der Waals surface area contributed by atoms with Gasteiger partial charge in [0.2, 0.25) is 0 Å². The van der Waals surface area contributed by atoms with Crippen LogP contribution in [0.2, 0.25) is 0 Å². The predicted octanol–water partition coefficient (Wildman–Crippen LogP) is 3.04. The molecule has 3 heterocycles. The second-order valence-electron chi connectivity index (χ2n) is 6.21. The fraction of sp³-hybridized carbons (Fsp3) is 0.211. The standard InChI is InChI=1S/C19H15N3O4/c1-9-8-25-16-11(3)17-13(6-12(9)16)10(2)14(18(24)26-17)7-15(23)22-19-20-4-5-21-19/h4-6,8H,7H2,1-3H3. The number of fused-ring (bicyclic) bond motifs is 2. The van der Waals surface area contributed by atoms with Crippen LogP contribution in [0.3, 0.4) is 0 Å². The monoisotopic (exact) mass is 349 g/mol. The zero-order chi connectivity index (χ0) is 18.4. The normalized spacial score (nSPS) is 13.3. The molecule has 0 N–H and O–H groups in total. The zero-order valence-electron chi connectivity index (χ0n) is 14.5. The zero-order valence-corrected chi connectivity index (χ0v) is 14.5. The van der Waals surface area contributed by atoms with Crippen molar-refractivity contribution in [1.29, 1.82) is 0 Å². The quantitative estimate of drug-likeness (QED) is 0.664. The van der Waals surface area contributed by atoms with Gasteiger partial charge in [-0.2, -0.15) is 4.99 Å². The van der Waals surface area contributed by atoms with Crippen LogP contribution in [0.15, 0.2) is 40.9 Å². The van der Waals surface area contributed by atoms with Crippen molar-refractivity contribution in [2.24, 2.45) is 15.0 Å². The minimum Gasteiger partial charge on any atom is -0.464 e. The lowest BCUT2D eigenvalue weighted by molar-refractivity contribution is -0.117. The lowest BCUT2D eigenvalue weighted by atomic mass is 9.99. The average molecular weight is 349 g/mol. The molecule has 0 radical (unpaired) electrons. The molecular formula is C19H15N3O4. The molecule has 1 aliphatic heterocycles. The Hall–Kier alpha value is -3.35. The summed E-state index contributed by atoms with van der Waals surface area (Å²) in [5, 5.41) is 1.74. The maximum Gasteiger partial charge on any atom is 0.340 e. The molecule has 1 amide bonds. The van der Waals surface area contributed by atoms with Crippen LogP contribution in [0.4, 0.5) is 0 Å². The molecule has 2 aromatic heterocycles. The van der Waals surface area contributed by atoms with Crippen molar-refractivity contribution in [3.63, 3.8) is 0 Å². The third kappa shape index (κ3) is 2.48. The van der Waals surface area contributed by atoms with Crippen molar-refractivity contribution in [2.45, 2.75) is 27.2 Å². The van der Waals surface area contributed by atoms with E-state index in [1.807, 2.05) is 26.8 Å². The number of hydrogen-bond donors (Lipinski definition) is 0. The van der Waals surface area contributed by atoms with E-state index in [1.165, 1.54) is 12.4 Å². The molecule has 130 valence electrons. The van der Waals surface area contributed by atoms with E-state index in [0.29, 0.717) is 16.7 Å². The van der Waals surface area contributed by atoms with Crippen LogP contribution in [0.1, 0.15) is 22.3 Å². The van der Waals surface area contributed by atoms with E-state index < -0.39 is 11.5 Å². The molecule has 4 rings (SSSR count). The molecule has 3 aromatic rings. The third-order valence-corrected chi connectivity index (χ3v) is 4.53. The van der Waals surface area contributed by atoms with E-state index in [4.69, 9.17) is 8.83 Å². The Morgan fingerprint density at radius 3 is 2.54 bits per heavy atom. The molecule has 0 spiro atoms. The van der Waals surface area contributed by atoms with Gasteiger partial charge in [0.15, 0.2) is 0 Å². The van der Waals surface area contributed by atoms with Crippen molar-refractivity contribution in [3.05, 3.63) is 45.0 Å². The number of hydrogen-bond acceptors (Lipinski definition) is 4. The van der Waals surface area contributed by atoms with E-state index in [9.17, 15) is 9.59 Å². The van der Waals surface area contributed by atoms with E-state index in [2.05, 4.69) is 15.0 Å². The van der Waals surface area contributed by atoms with Gasteiger partial charge in [-0.1, -0.05) is 0 Å². The van der Waals surface area contributed by atoms with Gasteiger partial charge in [-0.25, -0.2) is 14.8 Å². The summed E-state index contributed by atoms with van der Waals surface area (Å²) < 4.78 is 11.1. The molecule has 0 saturated carbocycles. The number of aryl methyl sites for hydroxylation is 3. The fourth-order valence-electron chi connectivity index (χ4n) is 3.12. The van der Waals surface area contributed by atoms with E-state index in [1.54, 1.807) is 6.26 Å². The summed E-state index contributed by atoms with van der Waals surface area (Å²) in [7, 11) is 0. The molecule has 0 saturated heterocycles. The Morgan fingerprint density at radius 2 is 1.81 bits per heavy atom. The van der Waals surface area contributed by atoms with Crippen molar-refractivity contribution < 1.29 is 13.6 Å². The topological polar surface area (TPSA) is 97.5 Å². The van der Waals surface area contributed by atoms with Crippen LogP contribution >= 0.6 is 0 Å². The number of rotatable bonds is 2. The molecular weight excluding hydrogens is 334 g/mol. The summed E-state index contributed by atoms with van der Waals surface area (Å²) in [6.45, 7) is 5.61. The fourth-order valence-corrected chi connectivity index (χ4v) is 3.12. The Balaban J connectivity index is 1.86. The van der Waals surface area contributed by atoms with Gasteiger partial charge in [-0.05, 0) is 38.0 Å². The van der Waals surface area contributed by atoms with Crippen LogP contribution in [0.25, 0.3) is 21.9 Å². The first-order valence-electron chi connectivity index (χ1n) is 8.07. The number of guanidine groups is 1. The Labute approximate surface area is 147 Å². The third-order valence-electron chi connectivity index (χ3n) is 4.53. The largest absolute Gasteiger partial charge is 0.464 e. The second-order valence-corrected chi connectivity index (χ2v) is 6.21. The molecule has 0 bridgehead atoms. The van der Waals surface area contributed by atoms with Gasteiger partial charge in [0.25, 0.3) is 11.9 Å². The maximum absolute atomic E-state index is 12.5. The van der Waals surface area contributed by atoms with Crippen molar-refractivity contribution in [2.75, 3.05) is 0 Å². The SMILES string of the molecule is Cc1coc2c(C)c3oc(=O)c(CC(=O)N=C4N=CC=N4)c(C)c3cc12. The van der Waals surface area contributed by atoms with E-state index in [0.717, 1.165) is 21.9 Å². The first-order valence-corrected chi connectivity index (χ1v) is 8.07. The Bertz CT molecular complexity index is 1210. The van der Waals surface area contributed by atoms with E-state index >= 15 is 0 Å². The molecule has 7 nitrogen and oxygen atoms in total. The predicted molar refractivity (Wildman–Crippen MR) is 99.6 cm³/mol. The van der Waals surface area contributed by atoms with Crippen LogP contribution in [-0.4, -0.2) is 24.3 Å². The van der Waals surface area contributed by atoms with Gasteiger partial charge in [-0.15, -0.1) is 0 Å². The first kappa shape index (κ1) is 16.1. The second kappa shape index (κ2) is 5.87. The lowest BCUT2D eigenvalue weighted by Crippen LogP contribution is -2.15. The summed E-state index contributed by atoms with van der Waals surface area (Å²) in [5.41, 5.74) is 3.38. The molecule has 26 heavy (non-hydrogen) atoms. The number of aliphatic imine (C=N–C) groups is 3. The van der Waals surface area contributed by atoms with Crippen LogP contribution in [0, 0.1) is 20.8 Å². The minimum atomic E-state index is -0.548. The molecule has 7 heteroatoms. The lowest BCUT2D eigenvalue weighted by Gasteiger charge is -2.09. The van der Waals surface area contributed by atoms with Crippen LogP contribution < -0.4 is 5.63 Å². The summed E-state index contributed by atoms with van der Waals surface area (Å²) in [6, 6.07) is 1.93. The van der Waals surface area contributed by atoms with Crippen LogP contribution in [-0.2, 0) is 11.2 Å². The number of furan rings is 1. The van der Waals surface area contributed by atoms with Crippen LogP contribution in [0.5, 0.6) is 0 Å². The molecule has 0 fully saturated rings. The van der Waals surface area contributed by atoms with Gasteiger partial charge < -0.3 is 8.83 Å². The molecule has 1 aliphatic rings. The highest BCUT2D eigenvalue weighted by molar-refractivity contribution is 6.26. The molecule has 0 unspecified atom stereocenters. The molecule has 0 aliphatic carbocycles. The van der Waals surface area contributed by atoms with Crippen molar-refractivity contribution >= 4 is 46.2 Å². The number of carbonyl (C=O) groups is 1. The summed E-state index contributed by atoms with van der Waals surface area (Å²) in [4.78, 5) is 36.1. The summed E-state index contributed by atoms with van der Waals surface area (Å²) in [5.74, 6) is -0.410. The van der Waals surface area contributed by atoms with Gasteiger partial charge in [0, 0.05) is 28.8 Å². The summed E-state index contributed by atoms with van der Waals surface area (Å²) in [6.07, 6.45) is 4.40.